The van der Waals surface area contributed by atoms with E-state index in [2.05, 4.69) is 10.5 Å². The van der Waals surface area contributed by atoms with Crippen LogP contribution in [0.5, 0.6) is 11.5 Å². The number of amides is 1. The van der Waals surface area contributed by atoms with Crippen molar-refractivity contribution < 1.29 is 14.3 Å². The number of benzene rings is 3. The van der Waals surface area contributed by atoms with Crippen molar-refractivity contribution in [2.45, 2.75) is 6.61 Å². The van der Waals surface area contributed by atoms with Crippen LogP contribution in [-0.4, -0.2) is 18.7 Å². The summed E-state index contributed by atoms with van der Waals surface area (Å²) < 4.78 is 11.1. The van der Waals surface area contributed by atoms with Crippen LogP contribution >= 0.6 is 23.2 Å². The van der Waals surface area contributed by atoms with E-state index >= 15 is 0 Å². The molecule has 0 saturated carbocycles. The lowest BCUT2D eigenvalue weighted by Crippen LogP contribution is -2.24. The molecule has 29 heavy (non-hydrogen) atoms. The molecule has 0 aromatic heterocycles. The lowest BCUT2D eigenvalue weighted by Gasteiger charge is -2.07. The lowest BCUT2D eigenvalue weighted by atomic mass is 10.2. The van der Waals surface area contributed by atoms with E-state index in [1.165, 1.54) is 6.21 Å². The number of carbonyl (C=O) groups excluding carboxylic acids is 1. The maximum atomic E-state index is 11.8. The van der Waals surface area contributed by atoms with Crippen LogP contribution in [0.4, 0.5) is 0 Å². The van der Waals surface area contributed by atoms with Crippen molar-refractivity contribution in [3.63, 3.8) is 0 Å². The number of halogens is 2. The van der Waals surface area contributed by atoms with Crippen molar-refractivity contribution >= 4 is 35.3 Å². The summed E-state index contributed by atoms with van der Waals surface area (Å²) in [5.74, 6) is 0.743. The molecule has 0 radical (unpaired) electrons. The summed E-state index contributed by atoms with van der Waals surface area (Å²) in [6.07, 6.45) is 1.53. The SMILES string of the molecule is O=C(COc1ccccc1Cl)NN=Cc1cccc(OCc2ccc(Cl)cc2)c1. The van der Waals surface area contributed by atoms with E-state index in [-0.39, 0.29) is 6.61 Å². The minimum absolute atomic E-state index is 0.189. The molecule has 0 spiro atoms. The lowest BCUT2D eigenvalue weighted by molar-refractivity contribution is -0.123. The minimum Gasteiger partial charge on any atom is -0.489 e. The third-order valence-corrected chi connectivity index (χ3v) is 4.34. The Kier molecular flexibility index (Phi) is 7.50. The summed E-state index contributed by atoms with van der Waals surface area (Å²) in [6.45, 7) is 0.235. The summed E-state index contributed by atoms with van der Waals surface area (Å²) in [7, 11) is 0. The minimum atomic E-state index is -0.392. The molecule has 5 nitrogen and oxygen atoms in total. The number of para-hydroxylation sites is 1. The molecule has 0 aliphatic carbocycles. The van der Waals surface area contributed by atoms with Gasteiger partial charge in [0, 0.05) is 5.02 Å². The summed E-state index contributed by atoms with van der Waals surface area (Å²) in [4.78, 5) is 11.8. The van der Waals surface area contributed by atoms with Gasteiger partial charge in [-0.25, -0.2) is 5.43 Å². The van der Waals surface area contributed by atoms with Gasteiger partial charge in [0.25, 0.3) is 5.91 Å². The molecule has 0 unspecified atom stereocenters. The highest BCUT2D eigenvalue weighted by Crippen LogP contribution is 2.22. The van der Waals surface area contributed by atoms with Crippen LogP contribution in [0, 0.1) is 0 Å². The van der Waals surface area contributed by atoms with Gasteiger partial charge in [-0.05, 0) is 47.5 Å². The first kappa shape index (κ1) is 20.7. The topological polar surface area (TPSA) is 59.9 Å². The first-order chi connectivity index (χ1) is 14.1. The Hall–Kier alpha value is -3.02. The molecule has 0 aliphatic heterocycles. The molecule has 1 amide bonds. The Morgan fingerprint density at radius 2 is 1.76 bits per heavy atom. The van der Waals surface area contributed by atoms with Gasteiger partial charge in [-0.15, -0.1) is 0 Å². The average molecular weight is 429 g/mol. The number of nitrogens with zero attached hydrogens (tertiary/aromatic N) is 1. The van der Waals surface area contributed by atoms with Crippen molar-refractivity contribution in [2.75, 3.05) is 6.61 Å². The van der Waals surface area contributed by atoms with Crippen LogP contribution in [0.3, 0.4) is 0 Å². The van der Waals surface area contributed by atoms with Gasteiger partial charge in [-0.1, -0.05) is 59.6 Å². The molecule has 3 aromatic rings. The molecule has 1 N–H and O–H groups in total. The van der Waals surface area contributed by atoms with Gasteiger partial charge < -0.3 is 9.47 Å². The van der Waals surface area contributed by atoms with Crippen LogP contribution in [0.15, 0.2) is 77.9 Å². The Bertz CT molecular complexity index is 991. The first-order valence-corrected chi connectivity index (χ1v) is 9.52. The van der Waals surface area contributed by atoms with E-state index in [1.807, 2.05) is 48.5 Å². The van der Waals surface area contributed by atoms with Crippen LogP contribution in [0.25, 0.3) is 0 Å². The largest absolute Gasteiger partial charge is 0.489 e. The van der Waals surface area contributed by atoms with Crippen molar-refractivity contribution in [1.29, 1.82) is 0 Å². The zero-order valence-corrected chi connectivity index (χ0v) is 16.9. The molecule has 0 saturated heterocycles. The molecule has 7 heteroatoms. The van der Waals surface area contributed by atoms with Gasteiger partial charge in [0.05, 0.1) is 11.2 Å². The third-order valence-electron chi connectivity index (χ3n) is 3.78. The van der Waals surface area contributed by atoms with Crippen molar-refractivity contribution in [1.82, 2.24) is 5.43 Å². The maximum Gasteiger partial charge on any atom is 0.277 e. The zero-order valence-electron chi connectivity index (χ0n) is 15.3. The molecule has 0 atom stereocenters. The number of ether oxygens (including phenoxy) is 2. The normalized spacial score (nSPS) is 10.7. The summed E-state index contributed by atoms with van der Waals surface area (Å²) in [6, 6.07) is 21.8. The van der Waals surface area contributed by atoms with Crippen molar-refractivity contribution in [2.24, 2.45) is 5.10 Å². The summed E-state index contributed by atoms with van der Waals surface area (Å²) >= 11 is 11.9. The maximum absolute atomic E-state index is 11.8. The quantitative estimate of drug-likeness (QED) is 0.400. The van der Waals surface area contributed by atoms with E-state index in [9.17, 15) is 4.79 Å². The standard InChI is InChI=1S/C22H18Cl2N2O3/c23-18-10-8-16(9-11-18)14-28-19-5-3-4-17(12-19)13-25-26-22(27)15-29-21-7-2-1-6-20(21)24/h1-13H,14-15H2,(H,26,27). The molecule has 0 fully saturated rings. The number of carbonyl (C=O) groups is 1. The van der Waals surface area contributed by atoms with E-state index in [0.717, 1.165) is 11.1 Å². The Morgan fingerprint density at radius 3 is 2.55 bits per heavy atom. The van der Waals surface area contributed by atoms with Crippen LogP contribution in [0.2, 0.25) is 10.0 Å². The number of hydrogen-bond acceptors (Lipinski definition) is 4. The van der Waals surface area contributed by atoms with Gasteiger partial charge in [-0.2, -0.15) is 5.10 Å². The zero-order chi connectivity index (χ0) is 20.5. The van der Waals surface area contributed by atoms with Gasteiger partial charge in [-0.3, -0.25) is 4.79 Å². The number of rotatable bonds is 8. The second-order valence-corrected chi connectivity index (χ2v) is 6.84. The van der Waals surface area contributed by atoms with E-state index in [0.29, 0.717) is 28.2 Å². The van der Waals surface area contributed by atoms with E-state index < -0.39 is 5.91 Å². The summed E-state index contributed by atoms with van der Waals surface area (Å²) in [5, 5.41) is 5.07. The molecule has 148 valence electrons. The number of hydrogen-bond donors (Lipinski definition) is 1. The van der Waals surface area contributed by atoms with Crippen molar-refractivity contribution in [3.8, 4) is 11.5 Å². The molecule has 0 bridgehead atoms. The molecule has 3 rings (SSSR count). The highest BCUT2D eigenvalue weighted by Gasteiger charge is 2.04. The van der Waals surface area contributed by atoms with Gasteiger partial charge in [0.2, 0.25) is 0 Å². The van der Waals surface area contributed by atoms with Gasteiger partial charge in [0.15, 0.2) is 6.61 Å². The molecule has 0 heterocycles. The smallest absolute Gasteiger partial charge is 0.277 e. The molecule has 3 aromatic carbocycles. The highest BCUT2D eigenvalue weighted by molar-refractivity contribution is 6.32. The third kappa shape index (κ3) is 6.82. The van der Waals surface area contributed by atoms with Gasteiger partial charge >= 0.3 is 0 Å². The second-order valence-electron chi connectivity index (χ2n) is 6.00. The Balaban J connectivity index is 1.47. The number of hydrazone groups is 1. The van der Waals surface area contributed by atoms with E-state index in [1.54, 1.807) is 24.3 Å². The Morgan fingerprint density at radius 1 is 0.966 bits per heavy atom. The monoisotopic (exact) mass is 428 g/mol. The van der Waals surface area contributed by atoms with Crippen LogP contribution in [0.1, 0.15) is 11.1 Å². The predicted octanol–water partition coefficient (Wildman–Crippen LogP) is 5.10. The van der Waals surface area contributed by atoms with Crippen molar-refractivity contribution in [3.05, 3.63) is 94.0 Å². The van der Waals surface area contributed by atoms with Crippen LogP contribution in [-0.2, 0) is 11.4 Å². The molecule has 0 aliphatic rings. The predicted molar refractivity (Wildman–Crippen MR) is 115 cm³/mol. The average Bonchev–Trinajstić information content (AvgIpc) is 2.73. The van der Waals surface area contributed by atoms with E-state index in [4.69, 9.17) is 32.7 Å². The number of nitrogens with one attached hydrogen (secondary N) is 1. The first-order valence-electron chi connectivity index (χ1n) is 8.77. The molecular formula is C22H18Cl2N2O3. The Labute approximate surface area is 178 Å². The fourth-order valence-corrected chi connectivity index (χ4v) is 2.66. The fourth-order valence-electron chi connectivity index (χ4n) is 2.35. The van der Waals surface area contributed by atoms with Gasteiger partial charge in [0.1, 0.15) is 18.1 Å². The second kappa shape index (κ2) is 10.5. The molecular weight excluding hydrogens is 411 g/mol. The fraction of sp³-hybridized carbons (Fsp3) is 0.0909. The highest BCUT2D eigenvalue weighted by atomic mass is 35.5. The summed E-state index contributed by atoms with van der Waals surface area (Å²) in [5.41, 5.74) is 4.21. The van der Waals surface area contributed by atoms with Crippen LogP contribution < -0.4 is 14.9 Å².